The molecule has 2 nitrogen and oxygen atoms in total. The number of rotatable bonds is 2. The zero-order chi connectivity index (χ0) is 7.44. The number of hydrogen-bond donors (Lipinski definition) is 0. The molecule has 0 aliphatic heterocycles. The summed E-state index contributed by atoms with van der Waals surface area (Å²) in [7, 11) is 0. The number of ether oxygens (including phenoxy) is 1. The lowest BCUT2D eigenvalue weighted by molar-refractivity contribution is -0.147. The topological polar surface area (TPSA) is 26.3 Å². The molecule has 1 unspecified atom stereocenters. The van der Waals surface area contributed by atoms with Crippen LogP contribution in [0.5, 0.6) is 0 Å². The fourth-order valence-corrected chi connectivity index (χ4v) is 0.398. The van der Waals surface area contributed by atoms with Crippen molar-refractivity contribution in [3.63, 3.8) is 0 Å². The van der Waals surface area contributed by atoms with Gasteiger partial charge in [-0.25, -0.2) is 0 Å². The van der Waals surface area contributed by atoms with Gasteiger partial charge >= 0.3 is 5.97 Å². The van der Waals surface area contributed by atoms with E-state index in [-0.39, 0.29) is 12.1 Å². The van der Waals surface area contributed by atoms with Gasteiger partial charge in [0.05, 0.1) is 0 Å². The van der Waals surface area contributed by atoms with Gasteiger partial charge < -0.3 is 4.74 Å². The van der Waals surface area contributed by atoms with Crippen molar-refractivity contribution in [1.29, 1.82) is 0 Å². The van der Waals surface area contributed by atoms with Crippen molar-refractivity contribution in [3.05, 3.63) is 0 Å². The summed E-state index contributed by atoms with van der Waals surface area (Å²) in [5, 5.41) is 0. The van der Waals surface area contributed by atoms with Crippen LogP contribution < -0.4 is 0 Å². The van der Waals surface area contributed by atoms with Crippen LogP contribution in [0.4, 0.5) is 0 Å². The maximum absolute atomic E-state index is 10.3. The largest absolute Gasteiger partial charge is 0.463 e. The van der Waals surface area contributed by atoms with Gasteiger partial charge in [-0.15, -0.1) is 0 Å². The van der Waals surface area contributed by atoms with E-state index in [9.17, 15) is 4.79 Å². The van der Waals surface area contributed by atoms with Gasteiger partial charge in [-0.3, -0.25) is 4.79 Å². The number of carbonyl (C=O) groups excluding carboxylic acids is 1. The average molecular weight is 130 g/mol. The van der Waals surface area contributed by atoms with Crippen LogP contribution in [0.2, 0.25) is 0 Å². The molecule has 0 amide bonds. The quantitative estimate of drug-likeness (QED) is 0.530. The zero-order valence-electron chi connectivity index (χ0n) is 6.47. The molecular weight excluding hydrogens is 116 g/mol. The van der Waals surface area contributed by atoms with Crippen LogP contribution >= 0.6 is 0 Å². The van der Waals surface area contributed by atoms with Crippen LogP contribution in [-0.4, -0.2) is 12.1 Å². The molecule has 0 aliphatic rings. The van der Waals surface area contributed by atoms with Crippen LogP contribution in [0, 0.1) is 5.92 Å². The molecule has 0 saturated heterocycles. The van der Waals surface area contributed by atoms with E-state index in [0.29, 0.717) is 5.92 Å². The maximum Gasteiger partial charge on any atom is 0.302 e. The van der Waals surface area contributed by atoms with Gasteiger partial charge in [-0.1, -0.05) is 13.8 Å². The summed E-state index contributed by atoms with van der Waals surface area (Å²) in [5.41, 5.74) is 0. The van der Waals surface area contributed by atoms with Crippen molar-refractivity contribution in [1.82, 2.24) is 0 Å². The first-order valence-corrected chi connectivity index (χ1v) is 3.21. The second-order valence-corrected chi connectivity index (χ2v) is 2.56. The minimum Gasteiger partial charge on any atom is -0.463 e. The second kappa shape index (κ2) is 3.49. The number of esters is 1. The fraction of sp³-hybridized carbons (Fsp3) is 0.857. The highest BCUT2D eigenvalue weighted by Crippen LogP contribution is 2.04. The molecule has 0 aromatic heterocycles. The molecule has 0 saturated carbocycles. The molecule has 9 heavy (non-hydrogen) atoms. The molecule has 0 heterocycles. The van der Waals surface area contributed by atoms with Crippen LogP contribution in [0.3, 0.4) is 0 Å². The minimum atomic E-state index is -0.198. The molecule has 0 aliphatic carbocycles. The highest BCUT2D eigenvalue weighted by Gasteiger charge is 2.08. The van der Waals surface area contributed by atoms with Crippen molar-refractivity contribution in [2.75, 3.05) is 0 Å². The van der Waals surface area contributed by atoms with Crippen molar-refractivity contribution >= 4 is 5.97 Å². The van der Waals surface area contributed by atoms with Gasteiger partial charge in [0.1, 0.15) is 6.10 Å². The predicted molar refractivity (Wildman–Crippen MR) is 36.1 cm³/mol. The Bertz CT molecular complexity index is 97.1. The lowest BCUT2D eigenvalue weighted by Crippen LogP contribution is -2.17. The van der Waals surface area contributed by atoms with Crippen molar-refractivity contribution in [2.24, 2.45) is 5.92 Å². The Morgan fingerprint density at radius 3 is 1.89 bits per heavy atom. The normalized spacial score (nSPS) is 13.4. The Labute approximate surface area is 56.2 Å². The average Bonchev–Trinajstić information content (AvgIpc) is 1.63. The summed E-state index contributed by atoms with van der Waals surface area (Å²) < 4.78 is 4.87. The molecule has 0 fully saturated rings. The Balaban J connectivity index is 3.50. The van der Waals surface area contributed by atoms with Crippen LogP contribution in [0.25, 0.3) is 0 Å². The Kier molecular flexibility index (Phi) is 3.28. The molecule has 0 bridgehead atoms. The van der Waals surface area contributed by atoms with Crippen LogP contribution in [-0.2, 0) is 9.53 Å². The van der Waals surface area contributed by atoms with Gasteiger partial charge in [-0.2, -0.15) is 0 Å². The molecule has 0 aromatic carbocycles. The van der Waals surface area contributed by atoms with E-state index in [1.807, 2.05) is 20.8 Å². The molecule has 2 heteroatoms. The molecule has 54 valence electrons. The van der Waals surface area contributed by atoms with E-state index in [2.05, 4.69) is 0 Å². The highest BCUT2D eigenvalue weighted by molar-refractivity contribution is 5.66. The lowest BCUT2D eigenvalue weighted by Gasteiger charge is -2.14. The summed E-state index contributed by atoms with van der Waals surface area (Å²) in [5.74, 6) is 0.213. The van der Waals surface area contributed by atoms with Crippen molar-refractivity contribution < 1.29 is 9.53 Å². The monoisotopic (exact) mass is 130 g/mol. The Morgan fingerprint density at radius 1 is 1.33 bits per heavy atom. The van der Waals surface area contributed by atoms with E-state index in [4.69, 9.17) is 4.74 Å². The lowest BCUT2D eigenvalue weighted by atomic mass is 10.1. The number of carbonyl (C=O) groups is 1. The predicted octanol–water partition coefficient (Wildman–Crippen LogP) is 1.59. The smallest absolute Gasteiger partial charge is 0.302 e. The molecule has 0 aromatic rings. The first-order valence-electron chi connectivity index (χ1n) is 3.21. The highest BCUT2D eigenvalue weighted by atomic mass is 16.5. The summed E-state index contributed by atoms with van der Waals surface area (Å²) in [6.45, 7) is 7.37. The van der Waals surface area contributed by atoms with E-state index >= 15 is 0 Å². The molecule has 0 radical (unpaired) electrons. The minimum absolute atomic E-state index is 0.0440. The van der Waals surface area contributed by atoms with Crippen LogP contribution in [0.15, 0.2) is 0 Å². The summed E-state index contributed by atoms with van der Waals surface area (Å²) >= 11 is 0. The molecular formula is C7H14O2. The SMILES string of the molecule is CC(=O)OC(C)C(C)C. The molecule has 0 spiro atoms. The van der Waals surface area contributed by atoms with E-state index in [0.717, 1.165) is 0 Å². The van der Waals surface area contributed by atoms with E-state index < -0.39 is 0 Å². The van der Waals surface area contributed by atoms with Crippen molar-refractivity contribution in [2.45, 2.75) is 33.8 Å². The summed E-state index contributed by atoms with van der Waals surface area (Å²) in [6.07, 6.45) is 0.0440. The maximum atomic E-state index is 10.3. The number of hydrogen-bond acceptors (Lipinski definition) is 2. The third kappa shape index (κ3) is 4.01. The standard InChI is InChI=1S/C7H14O2/c1-5(2)6(3)9-7(4)8/h5-6H,1-4H3. The van der Waals surface area contributed by atoms with Crippen molar-refractivity contribution in [3.8, 4) is 0 Å². The fourth-order valence-electron chi connectivity index (χ4n) is 0.398. The Morgan fingerprint density at radius 2 is 1.78 bits per heavy atom. The molecule has 1 atom stereocenters. The van der Waals surface area contributed by atoms with Gasteiger partial charge in [0.15, 0.2) is 0 Å². The van der Waals surface area contributed by atoms with Gasteiger partial charge in [-0.05, 0) is 12.8 Å². The van der Waals surface area contributed by atoms with Gasteiger partial charge in [0, 0.05) is 6.92 Å². The second-order valence-electron chi connectivity index (χ2n) is 2.56. The van der Waals surface area contributed by atoms with E-state index in [1.54, 1.807) is 0 Å². The van der Waals surface area contributed by atoms with Gasteiger partial charge in [0.2, 0.25) is 0 Å². The zero-order valence-corrected chi connectivity index (χ0v) is 6.47. The summed E-state index contributed by atoms with van der Waals surface area (Å²) in [4.78, 5) is 10.3. The third-order valence-electron chi connectivity index (χ3n) is 1.29. The molecule has 0 N–H and O–H groups in total. The van der Waals surface area contributed by atoms with E-state index in [1.165, 1.54) is 6.92 Å². The molecule has 0 rings (SSSR count). The van der Waals surface area contributed by atoms with Gasteiger partial charge in [0.25, 0.3) is 0 Å². The third-order valence-corrected chi connectivity index (χ3v) is 1.29. The first-order chi connectivity index (χ1) is 4.04. The first kappa shape index (κ1) is 8.47. The summed E-state index contributed by atoms with van der Waals surface area (Å²) in [6, 6.07) is 0. The Hall–Kier alpha value is -0.530. The van der Waals surface area contributed by atoms with Crippen LogP contribution in [0.1, 0.15) is 27.7 Å².